The van der Waals surface area contributed by atoms with Gasteiger partial charge in [0.15, 0.2) is 0 Å². The van der Waals surface area contributed by atoms with Gasteiger partial charge >= 0.3 is 0 Å². The van der Waals surface area contributed by atoms with E-state index in [2.05, 4.69) is 9.71 Å². The van der Waals surface area contributed by atoms with E-state index in [-0.39, 0.29) is 4.90 Å². The molecule has 0 aliphatic heterocycles. The fourth-order valence-electron chi connectivity index (χ4n) is 2.99. The highest BCUT2D eigenvalue weighted by atomic mass is 32.2. The van der Waals surface area contributed by atoms with Crippen LogP contribution in [0.2, 0.25) is 0 Å². The Morgan fingerprint density at radius 3 is 2.54 bits per heavy atom. The fourth-order valence-corrected chi connectivity index (χ4v) is 4.28. The third kappa shape index (κ3) is 2.84. The predicted molar refractivity (Wildman–Crippen MR) is 103 cm³/mol. The monoisotopic (exact) mass is 364 g/mol. The Balaban J connectivity index is 1.87. The summed E-state index contributed by atoms with van der Waals surface area (Å²) in [6.45, 7) is 0. The number of nitrogens with one attached hydrogen (secondary N) is 1. The van der Waals surface area contributed by atoms with Crippen molar-refractivity contribution in [2.75, 3.05) is 11.8 Å². The number of fused-ring (bicyclic) bond motifs is 2. The highest BCUT2D eigenvalue weighted by molar-refractivity contribution is 7.93. The number of aromatic nitrogens is 1. The summed E-state index contributed by atoms with van der Waals surface area (Å²) in [5.41, 5.74) is 0.949. The first-order valence-corrected chi connectivity index (χ1v) is 9.50. The van der Waals surface area contributed by atoms with Crippen molar-refractivity contribution in [3.8, 4) is 5.75 Å². The van der Waals surface area contributed by atoms with Gasteiger partial charge in [-0.25, -0.2) is 8.42 Å². The van der Waals surface area contributed by atoms with Crippen molar-refractivity contribution in [2.24, 2.45) is 0 Å². The second-order valence-electron chi connectivity index (χ2n) is 5.83. The molecule has 130 valence electrons. The van der Waals surface area contributed by atoms with Gasteiger partial charge in [-0.2, -0.15) is 0 Å². The van der Waals surface area contributed by atoms with Crippen LogP contribution in [0.5, 0.6) is 5.75 Å². The van der Waals surface area contributed by atoms with E-state index in [9.17, 15) is 8.42 Å². The van der Waals surface area contributed by atoms with Crippen LogP contribution in [0.4, 0.5) is 5.69 Å². The van der Waals surface area contributed by atoms with Crippen LogP contribution < -0.4 is 9.46 Å². The molecule has 4 aromatic rings. The van der Waals surface area contributed by atoms with Crippen LogP contribution in [-0.4, -0.2) is 20.5 Å². The molecule has 3 aromatic carbocycles. The molecule has 0 spiro atoms. The molecule has 6 heteroatoms. The molecule has 0 atom stereocenters. The summed E-state index contributed by atoms with van der Waals surface area (Å²) in [5, 5.41) is 2.33. The van der Waals surface area contributed by atoms with Crippen LogP contribution in [-0.2, 0) is 10.0 Å². The number of hydrogen-bond acceptors (Lipinski definition) is 4. The maximum absolute atomic E-state index is 13.1. The van der Waals surface area contributed by atoms with Crippen molar-refractivity contribution in [1.29, 1.82) is 0 Å². The second kappa shape index (κ2) is 6.31. The van der Waals surface area contributed by atoms with Crippen molar-refractivity contribution < 1.29 is 13.2 Å². The first-order valence-electron chi connectivity index (χ1n) is 8.02. The molecular weight excluding hydrogens is 348 g/mol. The minimum atomic E-state index is -3.80. The quantitative estimate of drug-likeness (QED) is 0.589. The number of methoxy groups -OCH3 is 1. The Morgan fingerprint density at radius 2 is 1.69 bits per heavy atom. The van der Waals surface area contributed by atoms with E-state index in [0.717, 1.165) is 10.8 Å². The zero-order chi connectivity index (χ0) is 18.1. The van der Waals surface area contributed by atoms with Gasteiger partial charge in [-0.05, 0) is 23.6 Å². The summed E-state index contributed by atoms with van der Waals surface area (Å²) in [7, 11) is -2.26. The van der Waals surface area contributed by atoms with Gasteiger partial charge in [0.05, 0.1) is 23.2 Å². The average Bonchev–Trinajstić information content (AvgIpc) is 2.67. The third-order valence-corrected chi connectivity index (χ3v) is 5.62. The van der Waals surface area contributed by atoms with Gasteiger partial charge in [-0.3, -0.25) is 9.71 Å². The Morgan fingerprint density at radius 1 is 0.923 bits per heavy atom. The molecule has 1 aromatic heterocycles. The molecule has 0 fully saturated rings. The molecule has 4 rings (SSSR count). The summed E-state index contributed by atoms with van der Waals surface area (Å²) < 4.78 is 34.1. The summed E-state index contributed by atoms with van der Waals surface area (Å²) in [4.78, 5) is 4.54. The number of ether oxygens (including phenoxy) is 1. The Bertz CT molecular complexity index is 1210. The Hall–Kier alpha value is -3.12. The molecule has 0 amide bonds. The van der Waals surface area contributed by atoms with Gasteiger partial charge in [0, 0.05) is 23.0 Å². The minimum Gasteiger partial charge on any atom is -0.497 e. The topological polar surface area (TPSA) is 68.3 Å². The molecule has 0 aliphatic rings. The van der Waals surface area contributed by atoms with Crippen LogP contribution in [0.1, 0.15) is 0 Å². The lowest BCUT2D eigenvalue weighted by atomic mass is 10.1. The van der Waals surface area contributed by atoms with E-state index in [1.807, 2.05) is 36.4 Å². The molecule has 0 aliphatic carbocycles. The number of pyridine rings is 1. The lowest BCUT2D eigenvalue weighted by molar-refractivity contribution is 0.415. The van der Waals surface area contributed by atoms with Gasteiger partial charge in [0.1, 0.15) is 5.75 Å². The molecule has 0 saturated carbocycles. The number of benzene rings is 3. The Kier molecular flexibility index (Phi) is 3.97. The van der Waals surface area contributed by atoms with Gasteiger partial charge in [0.2, 0.25) is 0 Å². The molecule has 1 heterocycles. The molecule has 1 N–H and O–H groups in total. The molecule has 0 bridgehead atoms. The van der Waals surface area contributed by atoms with E-state index < -0.39 is 10.0 Å². The zero-order valence-electron chi connectivity index (χ0n) is 14.0. The standard InChI is InChI=1S/C20H16N2O3S/c1-25-16-12-15-8-5-11-21-20(15)18(13-16)22-26(23,24)19-10-4-7-14-6-2-3-9-17(14)19/h2-13,22H,1H3. The van der Waals surface area contributed by atoms with Gasteiger partial charge < -0.3 is 4.74 Å². The lowest BCUT2D eigenvalue weighted by Gasteiger charge is -2.13. The van der Waals surface area contributed by atoms with E-state index in [1.165, 1.54) is 0 Å². The minimum absolute atomic E-state index is 0.225. The van der Waals surface area contributed by atoms with E-state index >= 15 is 0 Å². The van der Waals surface area contributed by atoms with Crippen molar-refractivity contribution in [3.63, 3.8) is 0 Å². The van der Waals surface area contributed by atoms with Crippen LogP contribution in [0.15, 0.2) is 77.8 Å². The maximum Gasteiger partial charge on any atom is 0.262 e. The number of hydrogen-bond donors (Lipinski definition) is 1. The third-order valence-electron chi connectivity index (χ3n) is 4.20. The highest BCUT2D eigenvalue weighted by Gasteiger charge is 2.19. The molecule has 0 saturated heterocycles. The first kappa shape index (κ1) is 16.4. The average molecular weight is 364 g/mol. The van der Waals surface area contributed by atoms with Crippen LogP contribution in [0.25, 0.3) is 21.7 Å². The smallest absolute Gasteiger partial charge is 0.262 e. The first-order chi connectivity index (χ1) is 12.6. The Labute approximate surface area is 151 Å². The normalized spacial score (nSPS) is 11.6. The number of nitrogens with zero attached hydrogens (tertiary/aromatic N) is 1. The van der Waals surface area contributed by atoms with Crippen LogP contribution in [0.3, 0.4) is 0 Å². The highest BCUT2D eigenvalue weighted by Crippen LogP contribution is 2.31. The fraction of sp³-hybridized carbons (Fsp3) is 0.0500. The van der Waals surface area contributed by atoms with Crippen LogP contribution in [0, 0.1) is 0 Å². The summed E-state index contributed by atoms with van der Waals surface area (Å²) in [5.74, 6) is 0.557. The van der Waals surface area contributed by atoms with Crippen molar-refractivity contribution >= 4 is 37.4 Å². The summed E-state index contributed by atoms with van der Waals surface area (Å²) in [6, 6.07) is 19.7. The van der Waals surface area contributed by atoms with Gasteiger partial charge in [-0.15, -0.1) is 0 Å². The number of sulfonamides is 1. The molecule has 0 unspecified atom stereocenters. The molecular formula is C20H16N2O3S. The summed E-state index contributed by atoms with van der Waals surface area (Å²) >= 11 is 0. The largest absolute Gasteiger partial charge is 0.497 e. The van der Waals surface area contributed by atoms with Crippen molar-refractivity contribution in [2.45, 2.75) is 4.90 Å². The van der Waals surface area contributed by atoms with Crippen molar-refractivity contribution in [3.05, 3.63) is 72.9 Å². The van der Waals surface area contributed by atoms with E-state index in [1.54, 1.807) is 43.6 Å². The van der Waals surface area contributed by atoms with Crippen molar-refractivity contribution in [1.82, 2.24) is 4.98 Å². The van der Waals surface area contributed by atoms with Crippen LogP contribution >= 0.6 is 0 Å². The number of anilines is 1. The molecule has 0 radical (unpaired) electrons. The van der Waals surface area contributed by atoms with E-state index in [4.69, 9.17) is 4.74 Å². The molecule has 26 heavy (non-hydrogen) atoms. The molecule has 5 nitrogen and oxygen atoms in total. The number of rotatable bonds is 4. The van der Waals surface area contributed by atoms with E-state index in [0.29, 0.717) is 22.3 Å². The maximum atomic E-state index is 13.1. The zero-order valence-corrected chi connectivity index (χ0v) is 14.8. The second-order valence-corrected chi connectivity index (χ2v) is 7.48. The predicted octanol–water partition coefficient (Wildman–Crippen LogP) is 4.20. The van der Waals surface area contributed by atoms with Gasteiger partial charge in [0.25, 0.3) is 10.0 Å². The summed E-state index contributed by atoms with van der Waals surface area (Å²) in [6.07, 6.45) is 1.63. The lowest BCUT2D eigenvalue weighted by Crippen LogP contribution is -2.14. The van der Waals surface area contributed by atoms with Gasteiger partial charge in [-0.1, -0.05) is 42.5 Å². The SMILES string of the molecule is COc1cc(NS(=O)(=O)c2cccc3ccccc23)c2ncccc2c1.